The molecule has 0 atom stereocenters. The number of amides is 1. The summed E-state index contributed by atoms with van der Waals surface area (Å²) >= 11 is 0. The molecule has 1 aliphatic heterocycles. The highest BCUT2D eigenvalue weighted by atomic mass is 16.2. The van der Waals surface area contributed by atoms with Gasteiger partial charge in [0.2, 0.25) is 5.91 Å². The van der Waals surface area contributed by atoms with Gasteiger partial charge < -0.3 is 14.7 Å². The van der Waals surface area contributed by atoms with Crippen molar-refractivity contribution in [2.75, 3.05) is 45.7 Å². The van der Waals surface area contributed by atoms with Crippen molar-refractivity contribution in [3.63, 3.8) is 0 Å². The Hall–Kier alpha value is -2.54. The predicted octanol–water partition coefficient (Wildman–Crippen LogP) is 1.83. The van der Waals surface area contributed by atoms with E-state index in [1.165, 1.54) is 0 Å². The van der Waals surface area contributed by atoms with Crippen LogP contribution in [0.4, 0.5) is 5.82 Å². The number of hydrogen-bond donors (Lipinski definition) is 0. The Morgan fingerprint density at radius 2 is 1.89 bits per heavy atom. The molecule has 2 aromatic rings. The molecular formula is C20H28N6O. The van der Waals surface area contributed by atoms with Crippen LogP contribution in [0.15, 0.2) is 24.5 Å². The van der Waals surface area contributed by atoms with Gasteiger partial charge >= 0.3 is 0 Å². The van der Waals surface area contributed by atoms with Crippen LogP contribution in [0.25, 0.3) is 11.4 Å². The second-order valence-corrected chi connectivity index (χ2v) is 7.30. The number of fused-ring (bicyclic) bond motifs is 1. The maximum Gasteiger partial charge on any atom is 0.219 e. The third kappa shape index (κ3) is 4.60. The smallest absolute Gasteiger partial charge is 0.219 e. The topological polar surface area (TPSA) is 65.5 Å². The minimum absolute atomic E-state index is 0.0885. The zero-order valence-electron chi connectivity index (χ0n) is 16.6. The lowest BCUT2D eigenvalue weighted by molar-refractivity contribution is -0.129. The molecule has 0 fully saturated rings. The molecule has 0 aromatic carbocycles. The largest absolute Gasteiger partial charge is 0.359 e. The van der Waals surface area contributed by atoms with Crippen LogP contribution < -0.4 is 4.90 Å². The summed E-state index contributed by atoms with van der Waals surface area (Å²) in [7, 11) is 6.26. The van der Waals surface area contributed by atoms with E-state index in [1.807, 2.05) is 17.0 Å². The molecule has 0 N–H and O–H groups in total. The molecule has 0 bridgehead atoms. The molecule has 7 heteroatoms. The number of rotatable bonds is 6. The van der Waals surface area contributed by atoms with Crippen LogP contribution >= 0.6 is 0 Å². The Kier molecular flexibility index (Phi) is 6.01. The fraction of sp³-hybridized carbons (Fsp3) is 0.500. The fourth-order valence-electron chi connectivity index (χ4n) is 3.36. The average molecular weight is 368 g/mol. The minimum atomic E-state index is 0.0885. The first-order chi connectivity index (χ1) is 13.0. The number of carbonyl (C=O) groups excluding carboxylic acids is 1. The molecule has 1 aliphatic rings. The van der Waals surface area contributed by atoms with Crippen molar-refractivity contribution in [3.05, 3.63) is 35.8 Å². The van der Waals surface area contributed by atoms with E-state index in [0.29, 0.717) is 12.4 Å². The molecule has 3 rings (SSSR count). The summed E-state index contributed by atoms with van der Waals surface area (Å²) in [5.41, 5.74) is 3.06. The van der Waals surface area contributed by atoms with E-state index in [1.54, 1.807) is 19.3 Å². The van der Waals surface area contributed by atoms with Crippen molar-refractivity contribution in [1.29, 1.82) is 0 Å². The third-order valence-electron chi connectivity index (χ3n) is 4.89. The Labute approximate surface area is 161 Å². The van der Waals surface area contributed by atoms with Gasteiger partial charge in [-0.05, 0) is 45.6 Å². The second-order valence-electron chi connectivity index (χ2n) is 7.30. The predicted molar refractivity (Wildman–Crippen MR) is 106 cm³/mol. The Morgan fingerprint density at radius 3 is 2.56 bits per heavy atom. The summed E-state index contributed by atoms with van der Waals surface area (Å²) in [5, 5.41) is 0. The van der Waals surface area contributed by atoms with Crippen molar-refractivity contribution in [1.82, 2.24) is 24.8 Å². The van der Waals surface area contributed by atoms with Crippen LogP contribution in [0.5, 0.6) is 0 Å². The SMILES string of the molecule is CC(=O)N1CCc2c(nc(-c3ccncc3)nc2N(C)CCCN(C)C)C1. The molecule has 0 saturated carbocycles. The zero-order valence-corrected chi connectivity index (χ0v) is 16.6. The molecule has 1 amide bonds. The molecule has 144 valence electrons. The normalized spacial score (nSPS) is 13.6. The Bertz CT molecular complexity index is 793. The van der Waals surface area contributed by atoms with E-state index < -0.39 is 0 Å². The van der Waals surface area contributed by atoms with Gasteiger partial charge in [0.25, 0.3) is 0 Å². The summed E-state index contributed by atoms with van der Waals surface area (Å²) in [6, 6.07) is 3.84. The Morgan fingerprint density at radius 1 is 1.15 bits per heavy atom. The highest BCUT2D eigenvalue weighted by molar-refractivity contribution is 5.74. The summed E-state index contributed by atoms with van der Waals surface area (Å²) in [4.78, 5) is 31.9. The van der Waals surface area contributed by atoms with Crippen LogP contribution in [-0.2, 0) is 17.8 Å². The molecule has 0 unspecified atom stereocenters. The maximum atomic E-state index is 11.8. The third-order valence-corrected chi connectivity index (χ3v) is 4.89. The lowest BCUT2D eigenvalue weighted by Crippen LogP contribution is -2.36. The molecule has 7 nitrogen and oxygen atoms in total. The molecule has 27 heavy (non-hydrogen) atoms. The summed E-state index contributed by atoms with van der Waals surface area (Å²) < 4.78 is 0. The quantitative estimate of drug-likeness (QED) is 0.775. The first-order valence-corrected chi connectivity index (χ1v) is 9.37. The van der Waals surface area contributed by atoms with Gasteiger partial charge in [0.15, 0.2) is 5.82 Å². The van der Waals surface area contributed by atoms with Crippen molar-refractivity contribution < 1.29 is 4.79 Å². The van der Waals surface area contributed by atoms with Gasteiger partial charge in [0, 0.05) is 50.6 Å². The van der Waals surface area contributed by atoms with Crippen molar-refractivity contribution in [2.45, 2.75) is 26.3 Å². The van der Waals surface area contributed by atoms with Gasteiger partial charge in [0.1, 0.15) is 5.82 Å². The van der Waals surface area contributed by atoms with Gasteiger partial charge in [-0.15, -0.1) is 0 Å². The average Bonchev–Trinajstić information content (AvgIpc) is 2.66. The monoisotopic (exact) mass is 368 g/mol. The van der Waals surface area contributed by atoms with Crippen LogP contribution in [0.2, 0.25) is 0 Å². The van der Waals surface area contributed by atoms with Crippen LogP contribution in [-0.4, -0.2) is 71.4 Å². The van der Waals surface area contributed by atoms with Gasteiger partial charge in [-0.1, -0.05) is 0 Å². The van der Waals surface area contributed by atoms with Crippen LogP contribution in [0.1, 0.15) is 24.6 Å². The van der Waals surface area contributed by atoms with E-state index in [4.69, 9.17) is 9.97 Å². The first-order valence-electron chi connectivity index (χ1n) is 9.37. The van der Waals surface area contributed by atoms with E-state index in [9.17, 15) is 4.79 Å². The van der Waals surface area contributed by atoms with Crippen LogP contribution in [0, 0.1) is 0 Å². The van der Waals surface area contributed by atoms with E-state index in [0.717, 1.165) is 55.1 Å². The molecule has 3 heterocycles. The van der Waals surface area contributed by atoms with Crippen molar-refractivity contribution >= 4 is 11.7 Å². The summed E-state index contributed by atoms with van der Waals surface area (Å²) in [6.07, 6.45) is 5.35. The lowest BCUT2D eigenvalue weighted by atomic mass is 10.0. The maximum absolute atomic E-state index is 11.8. The molecular weight excluding hydrogens is 340 g/mol. The van der Waals surface area contributed by atoms with Gasteiger partial charge in [-0.25, -0.2) is 9.97 Å². The zero-order chi connectivity index (χ0) is 19.4. The number of nitrogens with zero attached hydrogens (tertiary/aromatic N) is 6. The number of pyridine rings is 1. The highest BCUT2D eigenvalue weighted by Gasteiger charge is 2.25. The van der Waals surface area contributed by atoms with Gasteiger partial charge in [-0.3, -0.25) is 9.78 Å². The second kappa shape index (κ2) is 8.43. The summed E-state index contributed by atoms with van der Waals surface area (Å²) in [6.45, 7) is 4.84. The molecule has 2 aromatic heterocycles. The lowest BCUT2D eigenvalue weighted by Gasteiger charge is -2.31. The van der Waals surface area contributed by atoms with Gasteiger partial charge in [0.05, 0.1) is 12.2 Å². The standard InChI is InChI=1S/C20H28N6O/c1-15(27)26-13-8-17-18(14-26)22-19(16-6-9-21-10-7-16)23-20(17)25(4)12-5-11-24(2)3/h6-7,9-10H,5,8,11-14H2,1-4H3. The molecule has 0 spiro atoms. The summed E-state index contributed by atoms with van der Waals surface area (Å²) in [5.74, 6) is 1.76. The number of hydrogen-bond acceptors (Lipinski definition) is 6. The van der Waals surface area contributed by atoms with Crippen LogP contribution in [0.3, 0.4) is 0 Å². The number of carbonyl (C=O) groups is 1. The van der Waals surface area contributed by atoms with Crippen molar-refractivity contribution in [2.24, 2.45) is 0 Å². The molecule has 0 saturated heterocycles. The van der Waals surface area contributed by atoms with E-state index >= 15 is 0 Å². The van der Waals surface area contributed by atoms with E-state index in [-0.39, 0.29) is 5.91 Å². The van der Waals surface area contributed by atoms with Crippen molar-refractivity contribution in [3.8, 4) is 11.4 Å². The molecule has 0 radical (unpaired) electrons. The van der Waals surface area contributed by atoms with E-state index in [2.05, 4.69) is 35.9 Å². The van der Waals surface area contributed by atoms with Gasteiger partial charge in [-0.2, -0.15) is 0 Å². The first kappa shape index (κ1) is 19.2. The number of aromatic nitrogens is 3. The Balaban J connectivity index is 1.95. The fourth-order valence-corrected chi connectivity index (χ4v) is 3.36. The minimum Gasteiger partial charge on any atom is -0.359 e. The number of anilines is 1. The molecule has 0 aliphatic carbocycles. The highest BCUT2D eigenvalue weighted by Crippen LogP contribution is 2.29.